The van der Waals surface area contributed by atoms with Gasteiger partial charge in [0.15, 0.2) is 11.6 Å². The zero-order valence-electron chi connectivity index (χ0n) is 7.77. The van der Waals surface area contributed by atoms with E-state index in [0.29, 0.717) is 5.89 Å². The number of carboxylic acids is 1. The fourth-order valence-corrected chi connectivity index (χ4v) is 0.800. The van der Waals surface area contributed by atoms with Gasteiger partial charge in [-0.3, -0.25) is 9.59 Å². The van der Waals surface area contributed by atoms with E-state index in [4.69, 9.17) is 9.52 Å². The van der Waals surface area contributed by atoms with Crippen LogP contribution in [0.15, 0.2) is 10.7 Å². The van der Waals surface area contributed by atoms with E-state index in [0.717, 1.165) is 0 Å². The van der Waals surface area contributed by atoms with Crippen LogP contribution < -0.4 is 5.32 Å². The van der Waals surface area contributed by atoms with Crippen LogP contribution in [0.4, 0.5) is 0 Å². The molecule has 1 aromatic rings. The Morgan fingerprint density at radius 3 is 2.71 bits per heavy atom. The first kappa shape index (κ1) is 10.2. The van der Waals surface area contributed by atoms with E-state index in [9.17, 15) is 9.59 Å². The van der Waals surface area contributed by atoms with Gasteiger partial charge < -0.3 is 14.8 Å². The largest absolute Gasteiger partial charge is 0.480 e. The normalized spacial score (nSPS) is 12.1. The van der Waals surface area contributed by atoms with E-state index in [1.807, 2.05) is 0 Å². The molecule has 6 nitrogen and oxygen atoms in total. The van der Waals surface area contributed by atoms with Crippen LogP contribution in [-0.2, 0) is 4.79 Å². The third kappa shape index (κ3) is 2.32. The molecule has 6 heteroatoms. The van der Waals surface area contributed by atoms with Crippen molar-refractivity contribution in [1.82, 2.24) is 10.3 Å². The molecule has 0 fully saturated rings. The van der Waals surface area contributed by atoms with Gasteiger partial charge in [-0.2, -0.15) is 0 Å². The van der Waals surface area contributed by atoms with Gasteiger partial charge in [0.2, 0.25) is 0 Å². The van der Waals surface area contributed by atoms with E-state index in [1.165, 1.54) is 13.2 Å². The topological polar surface area (TPSA) is 92.4 Å². The molecule has 0 unspecified atom stereocenters. The summed E-state index contributed by atoms with van der Waals surface area (Å²) in [6, 6.07) is -0.945. The van der Waals surface area contributed by atoms with Crippen molar-refractivity contribution >= 4 is 11.9 Å². The molecule has 76 valence electrons. The number of carboxylic acid groups (broad SMARTS) is 1. The zero-order chi connectivity index (χ0) is 10.7. The summed E-state index contributed by atoms with van der Waals surface area (Å²) < 4.78 is 4.81. The van der Waals surface area contributed by atoms with Crippen LogP contribution in [0, 0.1) is 6.92 Å². The van der Waals surface area contributed by atoms with Gasteiger partial charge in [0.05, 0.1) is 0 Å². The van der Waals surface area contributed by atoms with Gasteiger partial charge in [-0.05, 0) is 6.92 Å². The van der Waals surface area contributed by atoms with Crippen molar-refractivity contribution in [3.8, 4) is 0 Å². The second-order valence-corrected chi connectivity index (χ2v) is 2.79. The molecule has 0 saturated carbocycles. The van der Waals surface area contributed by atoms with Crippen LogP contribution in [0.3, 0.4) is 0 Å². The van der Waals surface area contributed by atoms with Gasteiger partial charge >= 0.3 is 5.97 Å². The molecule has 1 atom stereocenters. The smallest absolute Gasteiger partial charge is 0.325 e. The standard InChI is InChI=1S/C8H10N2O4/c1-4(8(12)13)9-7(11)6-3-14-5(2)10-6/h3-4H,1-2H3,(H,9,11)(H,12,13)/t4-/m1/s1. The number of rotatable bonds is 3. The van der Waals surface area contributed by atoms with Crippen LogP contribution in [0.5, 0.6) is 0 Å². The highest BCUT2D eigenvalue weighted by molar-refractivity contribution is 5.94. The molecule has 0 aliphatic heterocycles. The van der Waals surface area contributed by atoms with Crippen molar-refractivity contribution in [2.75, 3.05) is 0 Å². The van der Waals surface area contributed by atoms with E-state index >= 15 is 0 Å². The summed E-state index contributed by atoms with van der Waals surface area (Å²) in [4.78, 5) is 25.4. The number of aromatic nitrogens is 1. The third-order valence-corrected chi connectivity index (χ3v) is 1.57. The molecule has 14 heavy (non-hydrogen) atoms. The average Bonchev–Trinajstić information content (AvgIpc) is 2.51. The molecule has 0 spiro atoms. The zero-order valence-corrected chi connectivity index (χ0v) is 7.77. The van der Waals surface area contributed by atoms with Crippen molar-refractivity contribution < 1.29 is 19.1 Å². The van der Waals surface area contributed by atoms with Crippen LogP contribution in [-0.4, -0.2) is 28.0 Å². The Morgan fingerprint density at radius 1 is 1.64 bits per heavy atom. The molecule has 1 amide bonds. The fraction of sp³-hybridized carbons (Fsp3) is 0.375. The number of aryl methyl sites for hydroxylation is 1. The molecule has 2 N–H and O–H groups in total. The number of amides is 1. The number of carbonyl (C=O) groups is 2. The number of hydrogen-bond donors (Lipinski definition) is 2. The molecule has 0 aliphatic carbocycles. The first-order chi connectivity index (χ1) is 6.50. The van der Waals surface area contributed by atoms with Crippen LogP contribution in [0.25, 0.3) is 0 Å². The van der Waals surface area contributed by atoms with Gasteiger partial charge in [-0.15, -0.1) is 0 Å². The molecular weight excluding hydrogens is 188 g/mol. The maximum absolute atomic E-state index is 11.3. The van der Waals surface area contributed by atoms with E-state index < -0.39 is 17.9 Å². The molecule has 0 aromatic carbocycles. The molecule has 1 rings (SSSR count). The second-order valence-electron chi connectivity index (χ2n) is 2.79. The molecular formula is C8H10N2O4. The molecule has 0 saturated heterocycles. The molecule has 0 bridgehead atoms. The minimum absolute atomic E-state index is 0.0793. The van der Waals surface area contributed by atoms with Gasteiger partial charge in [0, 0.05) is 6.92 Å². The highest BCUT2D eigenvalue weighted by Crippen LogP contribution is 2.00. The summed E-state index contributed by atoms with van der Waals surface area (Å²) in [6.07, 6.45) is 1.18. The van der Waals surface area contributed by atoms with E-state index in [1.54, 1.807) is 6.92 Å². The monoisotopic (exact) mass is 198 g/mol. The van der Waals surface area contributed by atoms with Gasteiger partial charge in [-0.25, -0.2) is 4.98 Å². The lowest BCUT2D eigenvalue weighted by Crippen LogP contribution is -2.38. The summed E-state index contributed by atoms with van der Waals surface area (Å²) in [5, 5.41) is 10.8. The van der Waals surface area contributed by atoms with Crippen LogP contribution in [0.1, 0.15) is 23.3 Å². The molecule has 1 aromatic heterocycles. The summed E-state index contributed by atoms with van der Waals surface area (Å²) in [5.74, 6) is -1.30. The lowest BCUT2D eigenvalue weighted by molar-refractivity contribution is -0.138. The Morgan fingerprint density at radius 2 is 2.29 bits per heavy atom. The molecule has 0 radical (unpaired) electrons. The summed E-state index contributed by atoms with van der Waals surface area (Å²) >= 11 is 0. The SMILES string of the molecule is Cc1nc(C(=O)N[C@H](C)C(=O)O)co1. The van der Waals surface area contributed by atoms with Crippen LogP contribution >= 0.6 is 0 Å². The Bertz CT molecular complexity index is 358. The Balaban J connectivity index is 2.63. The molecule has 0 aliphatic rings. The molecule has 1 heterocycles. The lowest BCUT2D eigenvalue weighted by Gasteiger charge is -2.06. The maximum atomic E-state index is 11.3. The van der Waals surface area contributed by atoms with Crippen molar-refractivity contribution in [1.29, 1.82) is 0 Å². The first-order valence-corrected chi connectivity index (χ1v) is 3.96. The van der Waals surface area contributed by atoms with Gasteiger partial charge in [-0.1, -0.05) is 0 Å². The number of hydrogen-bond acceptors (Lipinski definition) is 4. The Kier molecular flexibility index (Phi) is 2.85. The second kappa shape index (κ2) is 3.91. The highest BCUT2D eigenvalue weighted by atomic mass is 16.4. The minimum atomic E-state index is -1.10. The first-order valence-electron chi connectivity index (χ1n) is 3.96. The number of oxazole rings is 1. The van der Waals surface area contributed by atoms with Crippen molar-refractivity contribution in [2.45, 2.75) is 19.9 Å². The predicted octanol–water partition coefficient (Wildman–Crippen LogP) is 0.186. The van der Waals surface area contributed by atoms with Crippen molar-refractivity contribution in [3.05, 3.63) is 17.8 Å². The summed E-state index contributed by atoms with van der Waals surface area (Å²) in [5.41, 5.74) is 0.0793. The maximum Gasteiger partial charge on any atom is 0.325 e. The third-order valence-electron chi connectivity index (χ3n) is 1.57. The predicted molar refractivity (Wildman–Crippen MR) is 45.8 cm³/mol. The number of aliphatic carboxylic acids is 1. The van der Waals surface area contributed by atoms with Gasteiger partial charge in [0.25, 0.3) is 5.91 Å². The fourth-order valence-electron chi connectivity index (χ4n) is 0.800. The minimum Gasteiger partial charge on any atom is -0.480 e. The van der Waals surface area contributed by atoms with E-state index in [2.05, 4.69) is 10.3 Å². The number of nitrogens with one attached hydrogen (secondary N) is 1. The van der Waals surface area contributed by atoms with Crippen LogP contribution in [0.2, 0.25) is 0 Å². The van der Waals surface area contributed by atoms with Gasteiger partial charge in [0.1, 0.15) is 12.3 Å². The lowest BCUT2D eigenvalue weighted by atomic mass is 10.3. The average molecular weight is 198 g/mol. The van der Waals surface area contributed by atoms with Crippen molar-refractivity contribution in [2.24, 2.45) is 0 Å². The Labute approximate surface area is 79.9 Å². The highest BCUT2D eigenvalue weighted by Gasteiger charge is 2.17. The van der Waals surface area contributed by atoms with Crippen molar-refractivity contribution in [3.63, 3.8) is 0 Å². The number of nitrogens with zero attached hydrogens (tertiary/aromatic N) is 1. The number of carbonyl (C=O) groups excluding carboxylic acids is 1. The summed E-state index contributed by atoms with van der Waals surface area (Å²) in [6.45, 7) is 2.96. The van der Waals surface area contributed by atoms with E-state index in [-0.39, 0.29) is 5.69 Å². The quantitative estimate of drug-likeness (QED) is 0.723. The Hall–Kier alpha value is -1.85. The summed E-state index contributed by atoms with van der Waals surface area (Å²) in [7, 11) is 0.